The van der Waals surface area contributed by atoms with Crippen molar-refractivity contribution in [2.45, 2.75) is 0 Å². The van der Waals surface area contributed by atoms with Crippen LogP contribution in [0.3, 0.4) is 0 Å². The summed E-state index contributed by atoms with van der Waals surface area (Å²) in [4.78, 5) is 24.5. The third kappa shape index (κ3) is 1.96. The maximum atomic E-state index is 12.3. The molecule has 19 heavy (non-hydrogen) atoms. The fraction of sp³-hybridized carbons (Fsp3) is 0. The van der Waals surface area contributed by atoms with E-state index in [-0.39, 0.29) is 31.4 Å². The van der Waals surface area contributed by atoms with Gasteiger partial charge in [0, 0.05) is 53.4 Å². The molecular formula is C14H10GaN2O2. The van der Waals surface area contributed by atoms with Crippen LogP contribution < -0.4 is 11.5 Å². The maximum absolute atomic E-state index is 12.3. The van der Waals surface area contributed by atoms with Crippen molar-refractivity contribution in [3.63, 3.8) is 0 Å². The molecule has 0 heterocycles. The van der Waals surface area contributed by atoms with Crippen LogP contribution in [-0.4, -0.2) is 31.4 Å². The number of hydrogen-bond donors (Lipinski definition) is 2. The number of hydrogen-bond acceptors (Lipinski definition) is 4. The first-order valence-electron chi connectivity index (χ1n) is 5.46. The fourth-order valence-corrected chi connectivity index (χ4v) is 2.19. The summed E-state index contributed by atoms with van der Waals surface area (Å²) in [6.07, 6.45) is 0. The van der Waals surface area contributed by atoms with Crippen LogP contribution in [0, 0.1) is 0 Å². The Balaban J connectivity index is 0.00000133. The normalized spacial score (nSPS) is 12.4. The molecule has 5 heteroatoms. The Kier molecular flexibility index (Phi) is 3.26. The number of carbonyl (C=O) groups excluding carboxylic acids is 2. The van der Waals surface area contributed by atoms with Gasteiger partial charge < -0.3 is 11.5 Å². The predicted octanol–water partition coefficient (Wildman–Crippen LogP) is 1.25. The van der Waals surface area contributed by atoms with Gasteiger partial charge in [-0.2, -0.15) is 0 Å². The van der Waals surface area contributed by atoms with Crippen molar-refractivity contribution in [3.05, 3.63) is 58.7 Å². The summed E-state index contributed by atoms with van der Waals surface area (Å²) in [5.74, 6) is -0.376. The Morgan fingerprint density at radius 1 is 0.632 bits per heavy atom. The SMILES string of the molecule is Nc1ccc2c(c1)C(=O)c1ccc(N)cc1C2=O.[Ga]. The summed E-state index contributed by atoms with van der Waals surface area (Å²) in [6, 6.07) is 9.46. The van der Waals surface area contributed by atoms with E-state index in [2.05, 4.69) is 0 Å². The first-order valence-corrected chi connectivity index (χ1v) is 5.46. The van der Waals surface area contributed by atoms with Crippen molar-refractivity contribution >= 4 is 42.7 Å². The van der Waals surface area contributed by atoms with Crippen molar-refractivity contribution in [1.29, 1.82) is 0 Å². The number of nitrogens with two attached hydrogens (primary N) is 2. The van der Waals surface area contributed by atoms with E-state index in [0.29, 0.717) is 33.6 Å². The molecule has 0 aliphatic heterocycles. The third-order valence-electron chi connectivity index (χ3n) is 3.07. The molecule has 0 spiro atoms. The van der Waals surface area contributed by atoms with Gasteiger partial charge in [0.1, 0.15) is 0 Å². The molecule has 0 amide bonds. The van der Waals surface area contributed by atoms with Crippen molar-refractivity contribution in [2.75, 3.05) is 11.5 Å². The molecule has 0 bridgehead atoms. The van der Waals surface area contributed by atoms with Crippen LogP contribution in [0.5, 0.6) is 0 Å². The van der Waals surface area contributed by atoms with Gasteiger partial charge in [0.25, 0.3) is 0 Å². The molecule has 0 saturated heterocycles. The quantitative estimate of drug-likeness (QED) is 0.483. The molecule has 4 nitrogen and oxygen atoms in total. The number of anilines is 2. The molecule has 2 aromatic carbocycles. The third-order valence-corrected chi connectivity index (χ3v) is 3.07. The second-order valence-corrected chi connectivity index (χ2v) is 4.27. The summed E-state index contributed by atoms with van der Waals surface area (Å²) < 4.78 is 0. The molecule has 3 radical (unpaired) electrons. The largest absolute Gasteiger partial charge is 0.399 e. The van der Waals surface area contributed by atoms with E-state index in [1.165, 1.54) is 12.1 Å². The van der Waals surface area contributed by atoms with Gasteiger partial charge in [0.15, 0.2) is 11.6 Å². The first-order chi connectivity index (χ1) is 8.58. The van der Waals surface area contributed by atoms with Crippen LogP contribution in [0.15, 0.2) is 36.4 Å². The standard InChI is InChI=1S/C14H10N2O2.Ga/c15-7-1-3-9-11(5-7)14(18)10-4-2-8(16)6-12(10)13(9)17;/h1-6H,15-16H2;. The van der Waals surface area contributed by atoms with Crippen molar-refractivity contribution in [2.24, 2.45) is 0 Å². The zero-order chi connectivity index (χ0) is 12.9. The summed E-state index contributed by atoms with van der Waals surface area (Å²) in [5.41, 5.74) is 13.7. The molecule has 4 N–H and O–H groups in total. The van der Waals surface area contributed by atoms with Crippen LogP contribution in [0.25, 0.3) is 0 Å². The summed E-state index contributed by atoms with van der Waals surface area (Å²) >= 11 is 0. The van der Waals surface area contributed by atoms with E-state index in [9.17, 15) is 9.59 Å². The summed E-state index contributed by atoms with van der Waals surface area (Å²) in [7, 11) is 0. The number of fused-ring (bicyclic) bond motifs is 2. The van der Waals surface area contributed by atoms with Gasteiger partial charge in [0.2, 0.25) is 0 Å². The van der Waals surface area contributed by atoms with Crippen molar-refractivity contribution in [3.8, 4) is 0 Å². The van der Waals surface area contributed by atoms with Gasteiger partial charge in [-0.25, -0.2) is 0 Å². The Hall–Kier alpha value is -1.98. The van der Waals surface area contributed by atoms with E-state index in [1.807, 2.05) is 0 Å². The molecule has 0 fully saturated rings. The average Bonchev–Trinajstić information content (AvgIpc) is 2.36. The second-order valence-electron chi connectivity index (χ2n) is 4.27. The summed E-state index contributed by atoms with van der Waals surface area (Å²) in [5, 5.41) is 0. The molecule has 3 rings (SSSR count). The van der Waals surface area contributed by atoms with E-state index in [1.54, 1.807) is 24.3 Å². The van der Waals surface area contributed by atoms with Crippen LogP contribution in [0.1, 0.15) is 31.8 Å². The zero-order valence-corrected chi connectivity index (χ0v) is 12.4. The minimum absolute atomic E-state index is 0. The van der Waals surface area contributed by atoms with Crippen LogP contribution >= 0.6 is 0 Å². The predicted molar refractivity (Wildman–Crippen MR) is 74.3 cm³/mol. The monoisotopic (exact) mass is 307 g/mol. The van der Waals surface area contributed by atoms with Gasteiger partial charge in [-0.3, -0.25) is 9.59 Å². The minimum atomic E-state index is -0.188. The van der Waals surface area contributed by atoms with E-state index < -0.39 is 0 Å². The molecule has 1 aliphatic rings. The number of ketones is 2. The van der Waals surface area contributed by atoms with Gasteiger partial charge in [0.05, 0.1) is 0 Å². The van der Waals surface area contributed by atoms with Crippen LogP contribution in [0.4, 0.5) is 11.4 Å². The Morgan fingerprint density at radius 3 is 1.37 bits per heavy atom. The summed E-state index contributed by atoms with van der Waals surface area (Å²) in [6.45, 7) is 0. The van der Waals surface area contributed by atoms with E-state index in [4.69, 9.17) is 11.5 Å². The Labute approximate surface area is 122 Å². The molecule has 1 aliphatic carbocycles. The smallest absolute Gasteiger partial charge is 0.194 e. The van der Waals surface area contributed by atoms with Gasteiger partial charge >= 0.3 is 0 Å². The molecule has 0 atom stereocenters. The number of nitrogen functional groups attached to an aromatic ring is 2. The molecular weight excluding hydrogens is 298 g/mol. The Morgan fingerprint density at radius 2 is 1.00 bits per heavy atom. The molecule has 91 valence electrons. The Bertz CT molecular complexity index is 649. The van der Waals surface area contributed by atoms with Gasteiger partial charge in [-0.05, 0) is 36.4 Å². The molecule has 0 unspecified atom stereocenters. The fourth-order valence-electron chi connectivity index (χ4n) is 2.19. The van der Waals surface area contributed by atoms with E-state index >= 15 is 0 Å². The molecule has 0 saturated carbocycles. The number of carbonyl (C=O) groups is 2. The zero-order valence-electron chi connectivity index (χ0n) is 10.0. The van der Waals surface area contributed by atoms with Crippen LogP contribution in [0.2, 0.25) is 0 Å². The van der Waals surface area contributed by atoms with Gasteiger partial charge in [-0.1, -0.05) is 0 Å². The molecule has 2 aromatic rings. The second kappa shape index (κ2) is 4.60. The average molecular weight is 308 g/mol. The first kappa shape index (κ1) is 13.4. The van der Waals surface area contributed by atoms with Crippen molar-refractivity contribution < 1.29 is 9.59 Å². The number of rotatable bonds is 0. The maximum Gasteiger partial charge on any atom is 0.194 e. The van der Waals surface area contributed by atoms with Crippen LogP contribution in [-0.2, 0) is 0 Å². The molecule has 0 aromatic heterocycles. The van der Waals surface area contributed by atoms with E-state index in [0.717, 1.165) is 0 Å². The topological polar surface area (TPSA) is 86.2 Å². The van der Waals surface area contributed by atoms with Crippen molar-refractivity contribution in [1.82, 2.24) is 0 Å². The van der Waals surface area contributed by atoms with Gasteiger partial charge in [-0.15, -0.1) is 0 Å². The number of benzene rings is 2. The minimum Gasteiger partial charge on any atom is -0.399 e.